The van der Waals surface area contributed by atoms with E-state index in [9.17, 15) is 0 Å². The van der Waals surface area contributed by atoms with Crippen LogP contribution in [-0.2, 0) is 0 Å². The first-order chi connectivity index (χ1) is 13.9. The van der Waals surface area contributed by atoms with E-state index in [0.29, 0.717) is 0 Å². The van der Waals surface area contributed by atoms with Crippen LogP contribution in [0.25, 0.3) is 0 Å². The second kappa shape index (κ2) is 11.4. The minimum atomic E-state index is -1.95. The SMILES string of the molecule is CCCCCCCCC[PH](C1=CCCC=C1)(c1ccccc1)c1ccccc1. The average Bonchev–Trinajstić information content (AvgIpc) is 2.78. The van der Waals surface area contributed by atoms with Gasteiger partial charge in [0.2, 0.25) is 0 Å². The van der Waals surface area contributed by atoms with Gasteiger partial charge >= 0.3 is 173 Å². The maximum atomic E-state index is 2.55. The third kappa shape index (κ3) is 5.24. The van der Waals surface area contributed by atoms with Gasteiger partial charge in [-0.3, -0.25) is 0 Å². The van der Waals surface area contributed by atoms with Crippen molar-refractivity contribution in [3.05, 3.63) is 84.2 Å². The van der Waals surface area contributed by atoms with Crippen molar-refractivity contribution in [2.24, 2.45) is 0 Å². The third-order valence-electron chi connectivity index (χ3n) is 6.18. The molecule has 3 rings (SSSR count). The van der Waals surface area contributed by atoms with Crippen molar-refractivity contribution < 1.29 is 0 Å². The van der Waals surface area contributed by atoms with Gasteiger partial charge < -0.3 is 0 Å². The van der Waals surface area contributed by atoms with E-state index < -0.39 is 7.26 Å². The molecule has 0 fully saturated rings. The Morgan fingerprint density at radius 2 is 1.25 bits per heavy atom. The van der Waals surface area contributed by atoms with Gasteiger partial charge in [0.05, 0.1) is 0 Å². The van der Waals surface area contributed by atoms with E-state index in [0.717, 1.165) is 0 Å². The van der Waals surface area contributed by atoms with Crippen LogP contribution in [0.15, 0.2) is 84.2 Å². The standard InChI is InChI=1S/C27H37P/c1-2-3-4-5-6-7-17-24-28(25-18-11-8-12-19-25,26-20-13-9-14-21-26)27-22-15-10-16-23-27/h8-9,11-15,18-23,28H,2-7,10,16-17,24H2,1H3. The van der Waals surface area contributed by atoms with Crippen molar-refractivity contribution in [3.8, 4) is 0 Å². The van der Waals surface area contributed by atoms with Gasteiger partial charge in [0.1, 0.15) is 0 Å². The van der Waals surface area contributed by atoms with E-state index in [1.54, 1.807) is 15.9 Å². The summed E-state index contributed by atoms with van der Waals surface area (Å²) in [7, 11) is -1.95. The van der Waals surface area contributed by atoms with Gasteiger partial charge in [0, 0.05) is 0 Å². The molecule has 28 heavy (non-hydrogen) atoms. The summed E-state index contributed by atoms with van der Waals surface area (Å²) in [5.74, 6) is 0. The van der Waals surface area contributed by atoms with Crippen molar-refractivity contribution >= 4 is 17.9 Å². The summed E-state index contributed by atoms with van der Waals surface area (Å²) in [5.41, 5.74) is 0. The Morgan fingerprint density at radius 3 is 1.79 bits per heavy atom. The fourth-order valence-corrected chi connectivity index (χ4v) is 9.72. The first kappa shape index (κ1) is 21.1. The van der Waals surface area contributed by atoms with Crippen molar-refractivity contribution in [2.75, 3.05) is 6.16 Å². The predicted molar refractivity (Wildman–Crippen MR) is 130 cm³/mol. The predicted octanol–water partition coefficient (Wildman–Crippen LogP) is 7.37. The van der Waals surface area contributed by atoms with Gasteiger partial charge in [-0.15, -0.1) is 0 Å². The van der Waals surface area contributed by atoms with Gasteiger partial charge in [-0.05, 0) is 0 Å². The van der Waals surface area contributed by atoms with Gasteiger partial charge in [-0.1, -0.05) is 0 Å². The van der Waals surface area contributed by atoms with Crippen LogP contribution in [0.4, 0.5) is 0 Å². The van der Waals surface area contributed by atoms with Crippen molar-refractivity contribution in [1.29, 1.82) is 0 Å². The van der Waals surface area contributed by atoms with E-state index in [4.69, 9.17) is 0 Å². The zero-order chi connectivity index (χ0) is 19.5. The molecular formula is C27H37P. The number of rotatable bonds is 11. The molecule has 0 atom stereocenters. The molecule has 0 radical (unpaired) electrons. The van der Waals surface area contributed by atoms with Crippen LogP contribution in [0.1, 0.15) is 64.7 Å². The molecule has 0 heterocycles. The van der Waals surface area contributed by atoms with Crippen LogP contribution in [-0.4, -0.2) is 6.16 Å². The van der Waals surface area contributed by atoms with Crippen LogP contribution in [0.2, 0.25) is 0 Å². The molecule has 0 saturated carbocycles. The normalized spacial score (nSPS) is 14.7. The second-order valence-corrected chi connectivity index (χ2v) is 12.2. The molecule has 0 aliphatic heterocycles. The third-order valence-corrected chi connectivity index (χ3v) is 11.3. The molecule has 0 saturated heterocycles. The molecule has 0 aromatic heterocycles. The minimum absolute atomic E-state index is 1.19. The topological polar surface area (TPSA) is 0 Å². The molecule has 0 amide bonds. The Kier molecular flexibility index (Phi) is 8.56. The summed E-state index contributed by atoms with van der Waals surface area (Å²) < 4.78 is 0. The number of hydrogen-bond donors (Lipinski definition) is 0. The van der Waals surface area contributed by atoms with E-state index in [1.807, 2.05) is 0 Å². The number of unbranched alkanes of at least 4 members (excludes halogenated alkanes) is 6. The Labute approximate surface area is 173 Å². The molecule has 1 aliphatic rings. The molecule has 0 N–H and O–H groups in total. The van der Waals surface area contributed by atoms with Crippen LogP contribution in [0, 0.1) is 0 Å². The fourth-order valence-electron chi connectivity index (χ4n) is 4.66. The van der Waals surface area contributed by atoms with Gasteiger partial charge in [-0.25, -0.2) is 0 Å². The molecular weight excluding hydrogens is 355 g/mol. The average molecular weight is 393 g/mol. The van der Waals surface area contributed by atoms with Crippen molar-refractivity contribution in [2.45, 2.75) is 64.7 Å². The fraction of sp³-hybridized carbons (Fsp3) is 0.407. The Bertz CT molecular complexity index is 703. The molecule has 2 aromatic carbocycles. The first-order valence-electron chi connectivity index (χ1n) is 11.4. The summed E-state index contributed by atoms with van der Waals surface area (Å²) in [6.45, 7) is 2.30. The quantitative estimate of drug-likeness (QED) is 0.276. The molecule has 0 unspecified atom stereocenters. The Balaban J connectivity index is 1.88. The van der Waals surface area contributed by atoms with Gasteiger partial charge in [0.25, 0.3) is 0 Å². The van der Waals surface area contributed by atoms with E-state index in [-0.39, 0.29) is 0 Å². The molecule has 0 bridgehead atoms. The first-order valence-corrected chi connectivity index (χ1v) is 13.6. The Hall–Kier alpha value is -1.65. The zero-order valence-electron chi connectivity index (χ0n) is 17.6. The Morgan fingerprint density at radius 1 is 0.679 bits per heavy atom. The number of allylic oxidation sites excluding steroid dienone is 4. The molecule has 150 valence electrons. The molecule has 1 aliphatic carbocycles. The molecule has 1 heteroatoms. The van der Waals surface area contributed by atoms with Crippen LogP contribution >= 0.6 is 7.26 Å². The number of hydrogen-bond acceptors (Lipinski definition) is 0. The van der Waals surface area contributed by atoms with Gasteiger partial charge in [-0.2, -0.15) is 0 Å². The monoisotopic (exact) mass is 392 g/mol. The number of benzene rings is 2. The van der Waals surface area contributed by atoms with Crippen molar-refractivity contribution in [3.63, 3.8) is 0 Å². The summed E-state index contributed by atoms with van der Waals surface area (Å²) >= 11 is 0. The molecule has 0 spiro atoms. The zero-order valence-corrected chi connectivity index (χ0v) is 18.6. The molecule has 2 aromatic rings. The van der Waals surface area contributed by atoms with E-state index in [2.05, 4.69) is 85.8 Å². The van der Waals surface area contributed by atoms with Gasteiger partial charge in [0.15, 0.2) is 0 Å². The molecule has 0 nitrogen and oxygen atoms in total. The summed E-state index contributed by atoms with van der Waals surface area (Å²) in [4.78, 5) is 0. The summed E-state index contributed by atoms with van der Waals surface area (Å²) in [6.07, 6.45) is 20.7. The van der Waals surface area contributed by atoms with E-state index >= 15 is 0 Å². The second-order valence-electron chi connectivity index (χ2n) is 8.15. The summed E-state index contributed by atoms with van der Waals surface area (Å²) in [5, 5.41) is 4.78. The van der Waals surface area contributed by atoms with E-state index in [1.165, 1.54) is 63.9 Å². The maximum absolute atomic E-state index is 2.55. The van der Waals surface area contributed by atoms with Crippen LogP contribution < -0.4 is 10.6 Å². The van der Waals surface area contributed by atoms with Crippen molar-refractivity contribution in [1.82, 2.24) is 0 Å². The van der Waals surface area contributed by atoms with Crippen LogP contribution in [0.3, 0.4) is 0 Å². The summed E-state index contributed by atoms with van der Waals surface area (Å²) in [6, 6.07) is 22.8. The van der Waals surface area contributed by atoms with Crippen LogP contribution in [0.5, 0.6) is 0 Å².